The maximum Gasteiger partial charge on any atom is 0.224 e. The third-order valence-corrected chi connectivity index (χ3v) is 4.29. The Morgan fingerprint density at radius 3 is 2.67 bits per heavy atom. The Bertz CT molecular complexity index is 424. The number of carbonyl (C=O) groups excluding carboxylic acids is 1. The number of carbonyl (C=O) groups is 1. The van der Waals surface area contributed by atoms with E-state index in [9.17, 15) is 4.79 Å². The molecule has 0 bridgehead atoms. The van der Waals surface area contributed by atoms with Gasteiger partial charge in [0.25, 0.3) is 0 Å². The second-order valence-electron chi connectivity index (χ2n) is 5.72. The molecule has 21 heavy (non-hydrogen) atoms. The van der Waals surface area contributed by atoms with Crippen LogP contribution < -0.4 is 5.73 Å². The van der Waals surface area contributed by atoms with E-state index in [4.69, 9.17) is 5.73 Å². The van der Waals surface area contributed by atoms with Gasteiger partial charge in [-0.05, 0) is 24.8 Å². The summed E-state index contributed by atoms with van der Waals surface area (Å²) in [5.74, 6) is 0.218. The van der Waals surface area contributed by atoms with Crippen LogP contribution in [0.4, 0.5) is 0 Å². The van der Waals surface area contributed by atoms with Crippen LogP contribution in [0.3, 0.4) is 0 Å². The van der Waals surface area contributed by atoms with Gasteiger partial charge in [-0.1, -0.05) is 50.1 Å². The van der Waals surface area contributed by atoms with Crippen LogP contribution in [0, 0.1) is 0 Å². The van der Waals surface area contributed by atoms with Gasteiger partial charge in [0.2, 0.25) is 5.91 Å². The third kappa shape index (κ3) is 5.01. The Hall–Kier alpha value is -1.06. The zero-order valence-electron chi connectivity index (χ0n) is 12.8. The van der Waals surface area contributed by atoms with Crippen LogP contribution in [0.15, 0.2) is 30.3 Å². The van der Waals surface area contributed by atoms with E-state index in [2.05, 4.69) is 11.8 Å². The molecule has 0 aromatic heterocycles. The van der Waals surface area contributed by atoms with Gasteiger partial charge in [0, 0.05) is 25.0 Å². The summed E-state index contributed by atoms with van der Waals surface area (Å²) in [6, 6.07) is 10.1. The molecule has 2 N–H and O–H groups in total. The van der Waals surface area contributed by atoms with Crippen molar-refractivity contribution in [1.29, 1.82) is 0 Å². The molecule has 118 valence electrons. The Kier molecular flexibility index (Phi) is 7.76. The highest BCUT2D eigenvalue weighted by atomic mass is 35.5. The highest BCUT2D eigenvalue weighted by Gasteiger charge is 2.25. The first kappa shape index (κ1) is 18.0. The van der Waals surface area contributed by atoms with Crippen LogP contribution >= 0.6 is 12.4 Å². The van der Waals surface area contributed by atoms with Crippen LogP contribution in [0.2, 0.25) is 0 Å². The number of hydrogen-bond acceptors (Lipinski definition) is 2. The molecule has 1 amide bonds. The Balaban J connectivity index is 0.00000220. The second kappa shape index (κ2) is 9.06. The SMILES string of the molecule is CCC1CCCCCN1C(=O)CC(N)c1ccccc1.Cl. The molecule has 0 saturated carbocycles. The number of nitrogens with two attached hydrogens (primary N) is 1. The molecule has 0 aliphatic carbocycles. The van der Waals surface area contributed by atoms with Crippen LogP contribution in [-0.2, 0) is 4.79 Å². The molecule has 1 saturated heterocycles. The van der Waals surface area contributed by atoms with Crippen molar-refractivity contribution in [3.05, 3.63) is 35.9 Å². The van der Waals surface area contributed by atoms with Crippen molar-refractivity contribution in [3.8, 4) is 0 Å². The van der Waals surface area contributed by atoms with E-state index in [1.165, 1.54) is 12.8 Å². The zero-order chi connectivity index (χ0) is 14.4. The lowest BCUT2D eigenvalue weighted by Gasteiger charge is -2.30. The van der Waals surface area contributed by atoms with Crippen LogP contribution in [-0.4, -0.2) is 23.4 Å². The summed E-state index contributed by atoms with van der Waals surface area (Å²) in [5.41, 5.74) is 7.23. The minimum atomic E-state index is -0.190. The van der Waals surface area contributed by atoms with E-state index < -0.39 is 0 Å². The molecule has 0 radical (unpaired) electrons. The second-order valence-corrected chi connectivity index (χ2v) is 5.72. The molecular formula is C17H27ClN2O. The van der Waals surface area contributed by atoms with Gasteiger partial charge in [0.15, 0.2) is 0 Å². The first-order valence-corrected chi connectivity index (χ1v) is 7.82. The standard InChI is InChI=1S/C17H26N2O.ClH/c1-2-15-11-7-4-8-12-19(15)17(20)13-16(18)14-9-5-3-6-10-14;/h3,5-6,9-10,15-16H,2,4,7-8,11-13,18H2,1H3;1H. The molecule has 2 rings (SSSR count). The minimum Gasteiger partial charge on any atom is -0.340 e. The Morgan fingerprint density at radius 1 is 1.29 bits per heavy atom. The minimum absolute atomic E-state index is 0. The van der Waals surface area contributed by atoms with Gasteiger partial charge in [0.1, 0.15) is 0 Å². The number of likely N-dealkylation sites (tertiary alicyclic amines) is 1. The average molecular weight is 311 g/mol. The van der Waals surface area contributed by atoms with Crippen molar-refractivity contribution in [2.24, 2.45) is 5.73 Å². The van der Waals surface area contributed by atoms with Crippen LogP contribution in [0.1, 0.15) is 57.1 Å². The predicted octanol–water partition coefficient (Wildman–Crippen LogP) is 3.68. The van der Waals surface area contributed by atoms with Crippen molar-refractivity contribution >= 4 is 18.3 Å². The summed E-state index contributed by atoms with van der Waals surface area (Å²) in [5, 5.41) is 0. The normalized spacial score (nSPS) is 20.3. The van der Waals surface area contributed by atoms with E-state index >= 15 is 0 Å². The largest absolute Gasteiger partial charge is 0.340 e. The smallest absolute Gasteiger partial charge is 0.224 e. The molecule has 2 unspecified atom stereocenters. The highest BCUT2D eigenvalue weighted by Crippen LogP contribution is 2.22. The summed E-state index contributed by atoms with van der Waals surface area (Å²) >= 11 is 0. The van der Waals surface area contributed by atoms with Crippen molar-refractivity contribution in [3.63, 3.8) is 0 Å². The Morgan fingerprint density at radius 2 is 2.00 bits per heavy atom. The first-order valence-electron chi connectivity index (χ1n) is 7.82. The van der Waals surface area contributed by atoms with Crippen molar-refractivity contribution in [1.82, 2.24) is 4.90 Å². The third-order valence-electron chi connectivity index (χ3n) is 4.29. The summed E-state index contributed by atoms with van der Waals surface area (Å²) in [7, 11) is 0. The number of hydrogen-bond donors (Lipinski definition) is 1. The quantitative estimate of drug-likeness (QED) is 0.922. The van der Waals surface area contributed by atoms with Gasteiger partial charge < -0.3 is 10.6 Å². The van der Waals surface area contributed by atoms with Gasteiger partial charge in [-0.15, -0.1) is 12.4 Å². The van der Waals surface area contributed by atoms with Gasteiger partial charge >= 0.3 is 0 Å². The van der Waals surface area contributed by atoms with Gasteiger partial charge in [-0.25, -0.2) is 0 Å². The maximum absolute atomic E-state index is 12.5. The van der Waals surface area contributed by atoms with Crippen molar-refractivity contribution in [2.45, 2.75) is 57.5 Å². The molecule has 1 aliphatic heterocycles. The molecule has 1 aliphatic rings. The lowest BCUT2D eigenvalue weighted by molar-refractivity contribution is -0.134. The first-order chi connectivity index (χ1) is 9.72. The maximum atomic E-state index is 12.5. The van der Waals surface area contributed by atoms with Gasteiger partial charge in [0.05, 0.1) is 0 Å². The molecule has 1 aromatic carbocycles. The fourth-order valence-electron chi connectivity index (χ4n) is 3.05. The van der Waals surface area contributed by atoms with Gasteiger partial charge in [-0.3, -0.25) is 4.79 Å². The van der Waals surface area contributed by atoms with E-state index in [0.29, 0.717) is 12.5 Å². The molecule has 1 aromatic rings. The summed E-state index contributed by atoms with van der Waals surface area (Å²) in [6.45, 7) is 3.08. The number of amides is 1. The predicted molar refractivity (Wildman–Crippen MR) is 89.5 cm³/mol. The van der Waals surface area contributed by atoms with Crippen LogP contribution in [0.25, 0.3) is 0 Å². The summed E-state index contributed by atoms with van der Waals surface area (Å²) in [4.78, 5) is 14.6. The summed E-state index contributed by atoms with van der Waals surface area (Å²) in [6.07, 6.45) is 6.22. The van der Waals surface area contributed by atoms with E-state index in [1.54, 1.807) is 0 Å². The number of benzene rings is 1. The topological polar surface area (TPSA) is 46.3 Å². The van der Waals surface area contributed by atoms with Crippen LogP contribution in [0.5, 0.6) is 0 Å². The zero-order valence-corrected chi connectivity index (χ0v) is 13.6. The molecule has 1 heterocycles. The Labute approximate surface area is 134 Å². The molecule has 0 spiro atoms. The van der Waals surface area contributed by atoms with Crippen molar-refractivity contribution < 1.29 is 4.79 Å². The molecule has 1 fully saturated rings. The fourth-order valence-corrected chi connectivity index (χ4v) is 3.05. The monoisotopic (exact) mass is 310 g/mol. The lowest BCUT2D eigenvalue weighted by atomic mass is 10.0. The number of rotatable bonds is 4. The lowest BCUT2D eigenvalue weighted by Crippen LogP contribution is -2.40. The number of halogens is 1. The van der Waals surface area contributed by atoms with E-state index in [1.807, 2.05) is 30.3 Å². The average Bonchev–Trinajstić information content (AvgIpc) is 2.73. The molecule has 3 nitrogen and oxygen atoms in total. The van der Waals surface area contributed by atoms with E-state index in [0.717, 1.165) is 31.4 Å². The molecule has 2 atom stereocenters. The van der Waals surface area contributed by atoms with Crippen molar-refractivity contribution in [2.75, 3.05) is 6.54 Å². The fraction of sp³-hybridized carbons (Fsp3) is 0.588. The molecule has 4 heteroatoms. The van der Waals surface area contributed by atoms with Gasteiger partial charge in [-0.2, -0.15) is 0 Å². The number of nitrogens with zero attached hydrogens (tertiary/aromatic N) is 1. The highest BCUT2D eigenvalue weighted by molar-refractivity contribution is 5.85. The molecular weight excluding hydrogens is 284 g/mol. The van der Waals surface area contributed by atoms with E-state index in [-0.39, 0.29) is 24.4 Å². The summed E-state index contributed by atoms with van der Waals surface area (Å²) < 4.78 is 0.